The molecule has 1 aliphatic carbocycles. The van der Waals surface area contributed by atoms with E-state index in [1.54, 1.807) is 0 Å². The number of carbonyl (C=O) groups is 1. The Kier molecular flexibility index (Phi) is 6.80. The van der Waals surface area contributed by atoms with Crippen LogP contribution in [0.1, 0.15) is 45.4 Å². The van der Waals surface area contributed by atoms with Gasteiger partial charge in [-0.05, 0) is 38.0 Å². The van der Waals surface area contributed by atoms with Gasteiger partial charge < -0.3 is 15.7 Å². The molecule has 3 atom stereocenters. The highest BCUT2D eigenvalue weighted by Crippen LogP contribution is 2.27. The molecule has 1 aliphatic rings. The second kappa shape index (κ2) is 8.14. The maximum atomic E-state index is 11.9. The molecule has 4 nitrogen and oxygen atoms in total. The van der Waals surface area contributed by atoms with Crippen molar-refractivity contribution in [3.05, 3.63) is 12.7 Å². The SMILES string of the molecule is C=CC[C@H](CC)NC(=O)N[C@@H]1CCC[C@H]1CCO. The first-order chi connectivity index (χ1) is 8.71. The number of aliphatic hydroxyl groups is 1. The Morgan fingerprint density at radius 3 is 2.94 bits per heavy atom. The van der Waals surface area contributed by atoms with E-state index in [9.17, 15) is 4.79 Å². The summed E-state index contributed by atoms with van der Waals surface area (Å²) in [6, 6.07) is 0.303. The topological polar surface area (TPSA) is 61.4 Å². The van der Waals surface area contributed by atoms with Gasteiger partial charge in [0.2, 0.25) is 0 Å². The monoisotopic (exact) mass is 254 g/mol. The van der Waals surface area contributed by atoms with Crippen LogP contribution in [0.25, 0.3) is 0 Å². The normalized spacial score (nSPS) is 24.6. The maximum Gasteiger partial charge on any atom is 0.315 e. The summed E-state index contributed by atoms with van der Waals surface area (Å²) in [6.45, 7) is 5.96. The van der Waals surface area contributed by atoms with Gasteiger partial charge in [0.1, 0.15) is 0 Å². The fraction of sp³-hybridized carbons (Fsp3) is 0.786. The average Bonchev–Trinajstić information content (AvgIpc) is 2.76. The smallest absolute Gasteiger partial charge is 0.315 e. The number of hydrogen-bond acceptors (Lipinski definition) is 2. The van der Waals surface area contributed by atoms with Gasteiger partial charge in [0, 0.05) is 18.7 Å². The van der Waals surface area contributed by atoms with Gasteiger partial charge in [-0.15, -0.1) is 6.58 Å². The van der Waals surface area contributed by atoms with Crippen LogP contribution in [0.2, 0.25) is 0 Å². The van der Waals surface area contributed by atoms with Gasteiger partial charge in [-0.25, -0.2) is 4.79 Å². The van der Waals surface area contributed by atoms with Gasteiger partial charge in [0.05, 0.1) is 0 Å². The van der Waals surface area contributed by atoms with Crippen LogP contribution in [0.5, 0.6) is 0 Å². The summed E-state index contributed by atoms with van der Waals surface area (Å²) >= 11 is 0. The van der Waals surface area contributed by atoms with Crippen LogP contribution in [-0.4, -0.2) is 29.8 Å². The molecule has 1 saturated carbocycles. The van der Waals surface area contributed by atoms with Crippen molar-refractivity contribution in [2.24, 2.45) is 5.92 Å². The van der Waals surface area contributed by atoms with Crippen LogP contribution >= 0.6 is 0 Å². The molecule has 4 heteroatoms. The third-order valence-corrected chi connectivity index (χ3v) is 3.75. The van der Waals surface area contributed by atoms with Crippen LogP contribution in [-0.2, 0) is 0 Å². The molecular formula is C14H26N2O2. The summed E-state index contributed by atoms with van der Waals surface area (Å²) in [4.78, 5) is 11.9. The van der Waals surface area contributed by atoms with E-state index >= 15 is 0 Å². The molecule has 1 fully saturated rings. The van der Waals surface area contributed by atoms with Gasteiger partial charge in [-0.3, -0.25) is 0 Å². The molecule has 104 valence electrons. The van der Waals surface area contributed by atoms with Crippen molar-refractivity contribution >= 4 is 6.03 Å². The summed E-state index contributed by atoms with van der Waals surface area (Å²) in [5.74, 6) is 0.431. The highest BCUT2D eigenvalue weighted by atomic mass is 16.3. The molecule has 0 heterocycles. The minimum Gasteiger partial charge on any atom is -0.396 e. The lowest BCUT2D eigenvalue weighted by Gasteiger charge is -2.22. The Bertz CT molecular complexity index is 269. The minimum atomic E-state index is -0.0847. The molecule has 0 aromatic carbocycles. The zero-order valence-corrected chi connectivity index (χ0v) is 11.3. The third-order valence-electron chi connectivity index (χ3n) is 3.75. The average molecular weight is 254 g/mol. The number of aliphatic hydroxyl groups excluding tert-OH is 1. The summed E-state index contributed by atoms with van der Waals surface area (Å²) in [5, 5.41) is 15.0. The maximum absolute atomic E-state index is 11.9. The zero-order chi connectivity index (χ0) is 13.4. The molecule has 0 spiro atoms. The molecule has 3 N–H and O–H groups in total. The quantitative estimate of drug-likeness (QED) is 0.610. The van der Waals surface area contributed by atoms with E-state index < -0.39 is 0 Å². The largest absolute Gasteiger partial charge is 0.396 e. The molecule has 18 heavy (non-hydrogen) atoms. The number of carbonyl (C=O) groups excluding carboxylic acids is 1. The van der Waals surface area contributed by atoms with Crippen molar-refractivity contribution in [1.82, 2.24) is 10.6 Å². The number of amides is 2. The van der Waals surface area contributed by atoms with Crippen molar-refractivity contribution in [2.45, 2.75) is 57.5 Å². The van der Waals surface area contributed by atoms with Crippen LogP contribution in [0, 0.1) is 5.92 Å². The van der Waals surface area contributed by atoms with E-state index in [-0.39, 0.29) is 24.7 Å². The fourth-order valence-electron chi connectivity index (χ4n) is 2.66. The molecule has 0 radical (unpaired) electrons. The number of urea groups is 1. The Hall–Kier alpha value is -1.03. The standard InChI is InChI=1S/C14H26N2O2/c1-3-6-12(4-2)15-14(18)16-13-8-5-7-11(13)9-10-17/h3,11-13,17H,1,4-10H2,2H3,(H2,15,16,18)/t11-,12-,13+/m0/s1. The molecule has 1 rings (SSSR count). The lowest BCUT2D eigenvalue weighted by atomic mass is 10.0. The zero-order valence-electron chi connectivity index (χ0n) is 11.3. The van der Waals surface area contributed by atoms with Crippen molar-refractivity contribution in [3.8, 4) is 0 Å². The molecule has 0 unspecified atom stereocenters. The van der Waals surface area contributed by atoms with Crippen LogP contribution < -0.4 is 10.6 Å². The molecular weight excluding hydrogens is 228 g/mol. The minimum absolute atomic E-state index is 0.0847. The van der Waals surface area contributed by atoms with Crippen LogP contribution in [0.15, 0.2) is 12.7 Å². The van der Waals surface area contributed by atoms with Crippen molar-refractivity contribution in [2.75, 3.05) is 6.61 Å². The first-order valence-corrected chi connectivity index (χ1v) is 7.00. The number of hydrogen-bond donors (Lipinski definition) is 3. The van der Waals surface area contributed by atoms with Crippen molar-refractivity contribution in [1.29, 1.82) is 0 Å². The number of rotatable bonds is 7. The third kappa shape index (κ3) is 4.69. The Balaban J connectivity index is 2.36. The summed E-state index contributed by atoms with van der Waals surface area (Å²) < 4.78 is 0. The van der Waals surface area contributed by atoms with E-state index in [0.717, 1.165) is 38.5 Å². The molecule has 0 aromatic rings. The van der Waals surface area contributed by atoms with E-state index in [0.29, 0.717) is 5.92 Å². The molecule has 0 bridgehead atoms. The first kappa shape index (κ1) is 15.0. The van der Waals surface area contributed by atoms with Gasteiger partial charge in [-0.2, -0.15) is 0 Å². The van der Waals surface area contributed by atoms with Gasteiger partial charge in [0.15, 0.2) is 0 Å². The second-order valence-electron chi connectivity index (χ2n) is 5.06. The van der Waals surface area contributed by atoms with E-state index in [4.69, 9.17) is 5.11 Å². The van der Waals surface area contributed by atoms with Crippen molar-refractivity contribution in [3.63, 3.8) is 0 Å². The van der Waals surface area contributed by atoms with Crippen LogP contribution in [0.3, 0.4) is 0 Å². The van der Waals surface area contributed by atoms with E-state index in [2.05, 4.69) is 24.1 Å². The Morgan fingerprint density at radius 2 is 2.33 bits per heavy atom. The fourth-order valence-corrected chi connectivity index (χ4v) is 2.66. The highest BCUT2D eigenvalue weighted by Gasteiger charge is 2.28. The molecule has 0 aliphatic heterocycles. The van der Waals surface area contributed by atoms with Crippen molar-refractivity contribution < 1.29 is 9.90 Å². The van der Waals surface area contributed by atoms with Gasteiger partial charge in [0.25, 0.3) is 0 Å². The lowest BCUT2D eigenvalue weighted by Crippen LogP contribution is -2.47. The first-order valence-electron chi connectivity index (χ1n) is 7.00. The predicted molar refractivity (Wildman–Crippen MR) is 73.4 cm³/mol. The summed E-state index contributed by atoms with van der Waals surface area (Å²) in [5.41, 5.74) is 0. The van der Waals surface area contributed by atoms with E-state index in [1.807, 2.05) is 6.08 Å². The Morgan fingerprint density at radius 1 is 1.56 bits per heavy atom. The molecule has 0 saturated heterocycles. The highest BCUT2D eigenvalue weighted by molar-refractivity contribution is 5.74. The summed E-state index contributed by atoms with van der Waals surface area (Å²) in [7, 11) is 0. The lowest BCUT2D eigenvalue weighted by molar-refractivity contribution is 0.218. The predicted octanol–water partition coefficient (Wildman–Crippen LogP) is 2.19. The van der Waals surface area contributed by atoms with E-state index in [1.165, 1.54) is 0 Å². The molecule has 0 aromatic heterocycles. The number of nitrogens with one attached hydrogen (secondary N) is 2. The van der Waals surface area contributed by atoms with Gasteiger partial charge in [-0.1, -0.05) is 19.4 Å². The van der Waals surface area contributed by atoms with Gasteiger partial charge >= 0.3 is 6.03 Å². The van der Waals surface area contributed by atoms with Crippen LogP contribution in [0.4, 0.5) is 4.79 Å². The summed E-state index contributed by atoms with van der Waals surface area (Å²) in [6.07, 6.45) is 7.59. The molecule has 2 amide bonds. The second-order valence-corrected chi connectivity index (χ2v) is 5.06. The Labute approximate surface area is 110 Å².